The van der Waals surface area contributed by atoms with Crippen LogP contribution in [-0.4, -0.2) is 39.0 Å². The molecule has 0 unspecified atom stereocenters. The molecule has 140 valence electrons. The Morgan fingerprint density at radius 3 is 2.68 bits per heavy atom. The lowest BCUT2D eigenvalue weighted by atomic mass is 10.1. The van der Waals surface area contributed by atoms with E-state index in [4.69, 9.17) is 4.74 Å². The molecule has 4 rings (SSSR count). The van der Waals surface area contributed by atoms with Gasteiger partial charge >= 0.3 is 0 Å². The number of hydrogen-bond donors (Lipinski definition) is 1. The van der Waals surface area contributed by atoms with E-state index < -0.39 is 0 Å². The molecule has 1 amide bonds. The standard InChI is InChI=1S/C20H17N5O2S/c1-27-16-11-9-15(10-12-16)25-20(22-23-24-25)28-13-19(26)21-18-8-4-6-14-5-2-3-7-17(14)18/h2-12H,13H2,1H3,(H,21,26). The number of hydrogen-bond acceptors (Lipinski definition) is 6. The van der Waals surface area contributed by atoms with Crippen molar-refractivity contribution in [2.45, 2.75) is 5.16 Å². The fourth-order valence-electron chi connectivity index (χ4n) is 2.81. The molecular weight excluding hydrogens is 374 g/mol. The quantitative estimate of drug-likeness (QED) is 0.506. The first-order valence-corrected chi connectivity index (χ1v) is 9.56. The maximum atomic E-state index is 12.5. The summed E-state index contributed by atoms with van der Waals surface area (Å²) in [5.74, 6) is 0.825. The third kappa shape index (κ3) is 3.81. The van der Waals surface area contributed by atoms with E-state index in [0.717, 1.165) is 27.9 Å². The number of carbonyl (C=O) groups excluding carboxylic acids is 1. The van der Waals surface area contributed by atoms with Crippen molar-refractivity contribution in [3.05, 3.63) is 66.7 Å². The summed E-state index contributed by atoms with van der Waals surface area (Å²) in [6.07, 6.45) is 0. The molecule has 3 aromatic carbocycles. The second kappa shape index (κ2) is 8.10. The number of ether oxygens (including phenoxy) is 1. The number of anilines is 1. The number of carbonyl (C=O) groups is 1. The number of nitrogens with zero attached hydrogens (tertiary/aromatic N) is 4. The highest BCUT2D eigenvalue weighted by atomic mass is 32.2. The van der Waals surface area contributed by atoms with Crippen LogP contribution in [0.3, 0.4) is 0 Å². The molecule has 8 heteroatoms. The molecule has 28 heavy (non-hydrogen) atoms. The van der Waals surface area contributed by atoms with Crippen LogP contribution in [0.5, 0.6) is 5.75 Å². The van der Waals surface area contributed by atoms with Crippen LogP contribution in [0.2, 0.25) is 0 Å². The second-order valence-corrected chi connectivity index (χ2v) is 6.88. The van der Waals surface area contributed by atoms with Crippen LogP contribution in [0.4, 0.5) is 5.69 Å². The molecule has 0 spiro atoms. The summed E-state index contributed by atoms with van der Waals surface area (Å²) in [5.41, 5.74) is 1.58. The highest BCUT2D eigenvalue weighted by Gasteiger charge is 2.12. The highest BCUT2D eigenvalue weighted by molar-refractivity contribution is 7.99. The van der Waals surface area contributed by atoms with Gasteiger partial charge < -0.3 is 10.1 Å². The van der Waals surface area contributed by atoms with Crippen LogP contribution < -0.4 is 10.1 Å². The van der Waals surface area contributed by atoms with Gasteiger partial charge in [-0.05, 0) is 46.1 Å². The van der Waals surface area contributed by atoms with E-state index in [-0.39, 0.29) is 11.7 Å². The van der Waals surface area contributed by atoms with E-state index >= 15 is 0 Å². The van der Waals surface area contributed by atoms with E-state index in [0.29, 0.717) is 5.16 Å². The van der Waals surface area contributed by atoms with Crippen molar-refractivity contribution in [2.24, 2.45) is 0 Å². The lowest BCUT2D eigenvalue weighted by Gasteiger charge is -2.09. The summed E-state index contributed by atoms with van der Waals surface area (Å²) >= 11 is 1.27. The molecule has 0 saturated carbocycles. The van der Waals surface area contributed by atoms with Crippen LogP contribution in [0.25, 0.3) is 16.5 Å². The Bertz CT molecular complexity index is 1110. The summed E-state index contributed by atoms with van der Waals surface area (Å²) in [4.78, 5) is 12.5. The van der Waals surface area contributed by atoms with Gasteiger partial charge in [-0.3, -0.25) is 4.79 Å². The molecule has 0 aliphatic heterocycles. The van der Waals surface area contributed by atoms with Gasteiger partial charge in [0.2, 0.25) is 11.1 Å². The number of amides is 1. The largest absolute Gasteiger partial charge is 0.497 e. The SMILES string of the molecule is COc1ccc(-n2nnnc2SCC(=O)Nc2cccc3ccccc23)cc1. The van der Waals surface area contributed by atoms with Crippen LogP contribution in [0.15, 0.2) is 71.9 Å². The molecule has 0 bridgehead atoms. The van der Waals surface area contributed by atoms with Crippen LogP contribution in [0.1, 0.15) is 0 Å². The highest BCUT2D eigenvalue weighted by Crippen LogP contribution is 2.24. The Hall–Kier alpha value is -3.39. The van der Waals surface area contributed by atoms with Crippen molar-refractivity contribution < 1.29 is 9.53 Å². The maximum absolute atomic E-state index is 12.5. The molecule has 1 aromatic heterocycles. The number of tetrazole rings is 1. The molecule has 0 radical (unpaired) electrons. The summed E-state index contributed by atoms with van der Waals surface area (Å²) < 4.78 is 6.76. The molecule has 7 nitrogen and oxygen atoms in total. The van der Waals surface area contributed by atoms with Gasteiger partial charge in [0.25, 0.3) is 0 Å². The molecule has 0 saturated heterocycles. The molecule has 0 fully saturated rings. The van der Waals surface area contributed by atoms with Gasteiger partial charge in [0.1, 0.15) is 5.75 Å². The number of fused-ring (bicyclic) bond motifs is 1. The normalized spacial score (nSPS) is 10.8. The van der Waals surface area contributed by atoms with Crippen molar-refractivity contribution in [3.8, 4) is 11.4 Å². The Balaban J connectivity index is 1.45. The predicted octanol–water partition coefficient (Wildman–Crippen LogP) is 3.55. The second-order valence-electron chi connectivity index (χ2n) is 5.93. The average Bonchev–Trinajstić information content (AvgIpc) is 3.21. The van der Waals surface area contributed by atoms with E-state index in [1.165, 1.54) is 11.8 Å². The van der Waals surface area contributed by atoms with Crippen molar-refractivity contribution in [2.75, 3.05) is 18.2 Å². The number of nitrogens with one attached hydrogen (secondary N) is 1. The van der Waals surface area contributed by atoms with Gasteiger partial charge in [0, 0.05) is 11.1 Å². The van der Waals surface area contributed by atoms with Gasteiger partial charge in [-0.2, -0.15) is 4.68 Å². The molecule has 0 aliphatic rings. The minimum atomic E-state index is -0.120. The molecule has 0 aliphatic carbocycles. The first-order valence-electron chi connectivity index (χ1n) is 8.58. The molecule has 0 atom stereocenters. The monoisotopic (exact) mass is 391 g/mol. The van der Waals surface area contributed by atoms with Gasteiger partial charge in [-0.15, -0.1) is 5.10 Å². The third-order valence-electron chi connectivity index (χ3n) is 4.15. The predicted molar refractivity (Wildman–Crippen MR) is 109 cm³/mol. The summed E-state index contributed by atoms with van der Waals surface area (Å²) in [5, 5.41) is 17.3. The minimum absolute atomic E-state index is 0.120. The topological polar surface area (TPSA) is 81.9 Å². The summed E-state index contributed by atoms with van der Waals surface area (Å²) in [6, 6.07) is 21.1. The zero-order chi connectivity index (χ0) is 19.3. The fraction of sp³-hybridized carbons (Fsp3) is 0.100. The van der Waals surface area contributed by atoms with Crippen LogP contribution >= 0.6 is 11.8 Å². The van der Waals surface area contributed by atoms with Crippen molar-refractivity contribution in [3.63, 3.8) is 0 Å². The van der Waals surface area contributed by atoms with Crippen LogP contribution in [0, 0.1) is 0 Å². The fourth-order valence-corrected chi connectivity index (χ4v) is 3.50. The van der Waals surface area contributed by atoms with Gasteiger partial charge in [0.05, 0.1) is 18.6 Å². The molecule has 1 N–H and O–H groups in total. The Kier molecular flexibility index (Phi) is 5.20. The zero-order valence-electron chi connectivity index (χ0n) is 15.1. The van der Waals surface area contributed by atoms with Crippen molar-refractivity contribution in [1.82, 2.24) is 20.2 Å². The number of aromatic nitrogens is 4. The van der Waals surface area contributed by atoms with Crippen molar-refractivity contribution in [1.29, 1.82) is 0 Å². The smallest absolute Gasteiger partial charge is 0.234 e. The molecule has 1 heterocycles. The van der Waals surface area contributed by atoms with Gasteiger partial charge in [0.15, 0.2) is 0 Å². The number of rotatable bonds is 6. The first kappa shape index (κ1) is 18.0. The Morgan fingerprint density at radius 2 is 1.86 bits per heavy atom. The number of benzene rings is 3. The van der Waals surface area contributed by atoms with E-state index in [9.17, 15) is 4.79 Å². The average molecular weight is 391 g/mol. The van der Waals surface area contributed by atoms with Gasteiger partial charge in [-0.1, -0.05) is 48.2 Å². The van der Waals surface area contributed by atoms with E-state index in [1.807, 2.05) is 66.7 Å². The minimum Gasteiger partial charge on any atom is -0.497 e. The summed E-state index contributed by atoms with van der Waals surface area (Å²) in [7, 11) is 1.61. The lowest BCUT2D eigenvalue weighted by Crippen LogP contribution is -2.14. The lowest BCUT2D eigenvalue weighted by molar-refractivity contribution is -0.113. The summed E-state index contributed by atoms with van der Waals surface area (Å²) in [6.45, 7) is 0. The Morgan fingerprint density at radius 1 is 1.07 bits per heavy atom. The molecule has 4 aromatic rings. The zero-order valence-corrected chi connectivity index (χ0v) is 15.9. The Labute approximate surface area is 165 Å². The van der Waals surface area contributed by atoms with E-state index in [1.54, 1.807) is 11.8 Å². The molecular formula is C20H17N5O2S. The third-order valence-corrected chi connectivity index (χ3v) is 5.07. The van der Waals surface area contributed by atoms with Crippen molar-refractivity contribution >= 4 is 34.1 Å². The number of thioether (sulfide) groups is 1. The van der Waals surface area contributed by atoms with Crippen LogP contribution in [-0.2, 0) is 4.79 Å². The van der Waals surface area contributed by atoms with Gasteiger partial charge in [-0.25, -0.2) is 0 Å². The maximum Gasteiger partial charge on any atom is 0.234 e. The first-order chi connectivity index (χ1) is 13.7. The number of methoxy groups -OCH3 is 1. The van der Waals surface area contributed by atoms with E-state index in [2.05, 4.69) is 20.8 Å².